The van der Waals surface area contributed by atoms with Gasteiger partial charge in [0.15, 0.2) is 11.5 Å². The Labute approximate surface area is 223 Å². The number of pyridine rings is 1. The number of nitrogens with one attached hydrogen (secondary N) is 3. The number of aromatic nitrogens is 1. The molecule has 0 aliphatic rings. The second-order valence-corrected chi connectivity index (χ2v) is 9.04. The lowest BCUT2D eigenvalue weighted by atomic mass is 10.1. The molecule has 9 nitrogen and oxygen atoms in total. The Bertz CT molecular complexity index is 1580. The first-order valence-electron chi connectivity index (χ1n) is 11.7. The van der Waals surface area contributed by atoms with Crippen LogP contribution in [-0.4, -0.2) is 37.6 Å². The van der Waals surface area contributed by atoms with Crippen molar-refractivity contribution in [3.05, 3.63) is 98.3 Å². The van der Waals surface area contributed by atoms with Crippen LogP contribution < -0.4 is 31.4 Å². The smallest absolute Gasteiger partial charge is 0.261 e. The van der Waals surface area contributed by atoms with Crippen LogP contribution >= 0.6 is 11.6 Å². The van der Waals surface area contributed by atoms with E-state index in [0.29, 0.717) is 44.2 Å². The molecule has 4 rings (SSSR count). The third kappa shape index (κ3) is 5.64. The summed E-state index contributed by atoms with van der Waals surface area (Å²) in [5.74, 6) is -0.0878. The molecule has 0 saturated heterocycles. The minimum absolute atomic E-state index is 0.0943. The maximum Gasteiger partial charge on any atom is 0.261 e. The summed E-state index contributed by atoms with van der Waals surface area (Å²) in [6, 6.07) is 16.3. The van der Waals surface area contributed by atoms with Crippen molar-refractivity contribution in [1.82, 2.24) is 10.3 Å². The van der Waals surface area contributed by atoms with Crippen LogP contribution in [0, 0.1) is 6.92 Å². The second kappa shape index (κ2) is 11.4. The van der Waals surface area contributed by atoms with E-state index in [1.807, 2.05) is 6.07 Å². The van der Waals surface area contributed by atoms with Gasteiger partial charge in [0.1, 0.15) is 5.56 Å². The Hall–Kier alpha value is -4.34. The Morgan fingerprint density at radius 2 is 1.74 bits per heavy atom. The van der Waals surface area contributed by atoms with Gasteiger partial charge in [0, 0.05) is 34.3 Å². The number of benzene rings is 3. The Morgan fingerprint density at radius 3 is 2.42 bits per heavy atom. The van der Waals surface area contributed by atoms with Gasteiger partial charge < -0.3 is 30.8 Å². The molecule has 0 saturated carbocycles. The number of carbonyl (C=O) groups excluding carboxylic acids is 2. The predicted octanol–water partition coefficient (Wildman–Crippen LogP) is 4.19. The van der Waals surface area contributed by atoms with Crippen molar-refractivity contribution in [2.24, 2.45) is 5.73 Å². The van der Waals surface area contributed by atoms with Crippen LogP contribution in [-0.2, 0) is 0 Å². The van der Waals surface area contributed by atoms with E-state index in [9.17, 15) is 14.4 Å². The average molecular weight is 535 g/mol. The molecule has 0 fully saturated rings. The number of anilines is 1. The average Bonchev–Trinajstić information content (AvgIpc) is 2.91. The largest absolute Gasteiger partial charge is 0.493 e. The predicted molar refractivity (Wildman–Crippen MR) is 148 cm³/mol. The third-order valence-electron chi connectivity index (χ3n) is 6.13. The first-order chi connectivity index (χ1) is 18.2. The summed E-state index contributed by atoms with van der Waals surface area (Å²) in [5.41, 5.74) is 7.92. The van der Waals surface area contributed by atoms with Crippen LogP contribution in [0.2, 0.25) is 5.02 Å². The van der Waals surface area contributed by atoms with E-state index in [2.05, 4.69) is 15.6 Å². The summed E-state index contributed by atoms with van der Waals surface area (Å²) in [6.45, 7) is 1.96. The summed E-state index contributed by atoms with van der Waals surface area (Å²) in [7, 11) is 2.99. The van der Waals surface area contributed by atoms with Gasteiger partial charge in [0.2, 0.25) is 0 Å². The van der Waals surface area contributed by atoms with Crippen LogP contribution in [0.3, 0.4) is 0 Å². The molecule has 1 atom stereocenters. The molecule has 0 radical (unpaired) electrons. The van der Waals surface area contributed by atoms with E-state index in [1.165, 1.54) is 20.3 Å². The molecule has 0 aliphatic carbocycles. The fourth-order valence-corrected chi connectivity index (χ4v) is 4.23. The maximum atomic E-state index is 13.1. The van der Waals surface area contributed by atoms with Gasteiger partial charge in [-0.1, -0.05) is 29.8 Å². The van der Waals surface area contributed by atoms with Gasteiger partial charge in [-0.2, -0.15) is 0 Å². The molecule has 196 valence electrons. The zero-order chi connectivity index (χ0) is 27.4. The molecule has 5 N–H and O–H groups in total. The van der Waals surface area contributed by atoms with Gasteiger partial charge >= 0.3 is 0 Å². The zero-order valence-electron chi connectivity index (χ0n) is 21.1. The number of methoxy groups -OCH3 is 2. The highest BCUT2D eigenvalue weighted by Gasteiger charge is 2.18. The number of hydrogen-bond donors (Lipinski definition) is 4. The van der Waals surface area contributed by atoms with Gasteiger partial charge in [-0.3, -0.25) is 14.4 Å². The molecule has 3 aromatic carbocycles. The molecule has 1 aromatic heterocycles. The molecule has 38 heavy (non-hydrogen) atoms. The highest BCUT2D eigenvalue weighted by molar-refractivity contribution is 6.30. The van der Waals surface area contributed by atoms with Gasteiger partial charge in [0.25, 0.3) is 17.4 Å². The molecular formula is C28H27ClN4O5. The number of fused-ring (bicyclic) bond motifs is 1. The number of H-pyrrole nitrogens is 1. The topological polar surface area (TPSA) is 136 Å². The molecule has 0 spiro atoms. The van der Waals surface area contributed by atoms with Crippen molar-refractivity contribution in [3.63, 3.8) is 0 Å². The van der Waals surface area contributed by atoms with E-state index in [1.54, 1.807) is 55.5 Å². The molecule has 1 heterocycles. The van der Waals surface area contributed by atoms with E-state index >= 15 is 0 Å². The van der Waals surface area contributed by atoms with Crippen molar-refractivity contribution >= 4 is 40.0 Å². The quantitative estimate of drug-likeness (QED) is 0.268. The molecule has 0 bridgehead atoms. The fourth-order valence-electron chi connectivity index (χ4n) is 4.03. The number of halogens is 1. The van der Waals surface area contributed by atoms with Crippen molar-refractivity contribution in [1.29, 1.82) is 0 Å². The lowest BCUT2D eigenvalue weighted by molar-refractivity contribution is 0.0936. The molecule has 0 aliphatic heterocycles. The third-order valence-corrected chi connectivity index (χ3v) is 6.37. The van der Waals surface area contributed by atoms with E-state index < -0.39 is 17.5 Å². The number of aryl methyl sites for hydroxylation is 1. The van der Waals surface area contributed by atoms with Gasteiger partial charge in [0.05, 0.1) is 25.8 Å². The number of rotatable bonds is 8. The van der Waals surface area contributed by atoms with Crippen molar-refractivity contribution in [2.45, 2.75) is 13.0 Å². The number of ether oxygens (including phenoxy) is 2. The van der Waals surface area contributed by atoms with Crippen LogP contribution in [0.1, 0.15) is 37.9 Å². The molecule has 10 heteroatoms. The van der Waals surface area contributed by atoms with Crippen LogP contribution in [0.25, 0.3) is 10.9 Å². The number of amides is 2. The van der Waals surface area contributed by atoms with Gasteiger partial charge in [-0.25, -0.2) is 0 Å². The molecule has 4 aromatic rings. The SMILES string of the molecule is COc1cc2cc(C(=O)Nc3cc(C(=O)NC(CN)c4cccc(Cl)c4)ccc3C)c(=O)[nH]c2cc1OC. The van der Waals surface area contributed by atoms with Crippen molar-refractivity contribution in [3.8, 4) is 11.5 Å². The van der Waals surface area contributed by atoms with Gasteiger partial charge in [-0.05, 0) is 54.4 Å². The Morgan fingerprint density at radius 1 is 1.00 bits per heavy atom. The second-order valence-electron chi connectivity index (χ2n) is 8.61. The molecule has 1 unspecified atom stereocenters. The summed E-state index contributed by atoms with van der Waals surface area (Å²) >= 11 is 6.08. The number of nitrogens with two attached hydrogens (primary N) is 1. The lowest BCUT2D eigenvalue weighted by Gasteiger charge is -2.18. The molecule has 2 amide bonds. The Kier molecular flexibility index (Phi) is 7.99. The first kappa shape index (κ1) is 26.7. The first-order valence-corrected chi connectivity index (χ1v) is 12.1. The highest BCUT2D eigenvalue weighted by Crippen LogP contribution is 2.31. The van der Waals surface area contributed by atoms with E-state index in [0.717, 1.165) is 5.56 Å². The summed E-state index contributed by atoms with van der Waals surface area (Å²) < 4.78 is 10.6. The molecular weight excluding hydrogens is 508 g/mol. The monoisotopic (exact) mass is 534 g/mol. The highest BCUT2D eigenvalue weighted by atomic mass is 35.5. The summed E-state index contributed by atoms with van der Waals surface area (Å²) in [4.78, 5) is 41.6. The van der Waals surface area contributed by atoms with E-state index in [4.69, 9.17) is 26.8 Å². The summed E-state index contributed by atoms with van der Waals surface area (Å²) in [5, 5.41) is 6.77. The number of hydrogen-bond acceptors (Lipinski definition) is 6. The fraction of sp³-hybridized carbons (Fsp3) is 0.179. The van der Waals surface area contributed by atoms with Crippen molar-refractivity contribution < 1.29 is 19.1 Å². The van der Waals surface area contributed by atoms with Crippen LogP contribution in [0.5, 0.6) is 11.5 Å². The van der Waals surface area contributed by atoms with Crippen LogP contribution in [0.15, 0.2) is 65.5 Å². The normalized spacial score (nSPS) is 11.6. The number of carbonyl (C=O) groups is 2. The Balaban J connectivity index is 1.58. The minimum atomic E-state index is -0.623. The maximum absolute atomic E-state index is 13.1. The van der Waals surface area contributed by atoms with E-state index in [-0.39, 0.29) is 18.0 Å². The lowest BCUT2D eigenvalue weighted by Crippen LogP contribution is -2.33. The van der Waals surface area contributed by atoms with Gasteiger partial charge in [-0.15, -0.1) is 0 Å². The standard InChI is InChI=1S/C28H27ClN4O5/c1-15-7-8-17(26(34)33-23(14-30)16-5-4-6-19(29)9-16)11-21(15)31-27(35)20-10-18-12-24(37-2)25(38-3)13-22(18)32-28(20)36/h4-13,23H,14,30H2,1-3H3,(H,31,35)(H,32,36)(H,33,34). The summed E-state index contributed by atoms with van der Waals surface area (Å²) in [6.07, 6.45) is 0. The van der Waals surface area contributed by atoms with Crippen molar-refractivity contribution in [2.75, 3.05) is 26.1 Å². The number of aromatic amines is 1. The zero-order valence-corrected chi connectivity index (χ0v) is 21.8. The minimum Gasteiger partial charge on any atom is -0.493 e. The van der Waals surface area contributed by atoms with Crippen LogP contribution in [0.4, 0.5) is 5.69 Å².